The summed E-state index contributed by atoms with van der Waals surface area (Å²) in [6.45, 7) is 20.2. The summed E-state index contributed by atoms with van der Waals surface area (Å²) in [5.74, 6) is 7.40. The molecule has 0 bridgehead atoms. The average Bonchev–Trinajstić information content (AvgIpc) is 2.48. The Morgan fingerprint density at radius 1 is 0.636 bits per heavy atom. The van der Waals surface area contributed by atoms with Crippen molar-refractivity contribution in [2.75, 3.05) is 0 Å². The lowest BCUT2D eigenvalue weighted by molar-refractivity contribution is -0.0330. The Hall–Kier alpha value is 0. The van der Waals surface area contributed by atoms with Crippen LogP contribution in [0.3, 0.4) is 0 Å². The summed E-state index contributed by atoms with van der Waals surface area (Å²) >= 11 is 0. The van der Waals surface area contributed by atoms with Crippen molar-refractivity contribution in [3.8, 4) is 0 Å². The van der Waals surface area contributed by atoms with Crippen molar-refractivity contribution in [1.29, 1.82) is 0 Å². The summed E-state index contributed by atoms with van der Waals surface area (Å²) in [7, 11) is 0. The van der Waals surface area contributed by atoms with Crippen LogP contribution in [0.4, 0.5) is 0 Å². The van der Waals surface area contributed by atoms with Gasteiger partial charge in [-0.2, -0.15) is 0 Å². The highest BCUT2D eigenvalue weighted by Gasteiger charge is 2.46. The van der Waals surface area contributed by atoms with Crippen LogP contribution in [0.2, 0.25) is 0 Å². The maximum absolute atomic E-state index is 2.66. The fourth-order valence-electron chi connectivity index (χ4n) is 5.96. The van der Waals surface area contributed by atoms with Crippen LogP contribution in [0, 0.1) is 52.8 Å². The van der Waals surface area contributed by atoms with Crippen LogP contribution in [0.5, 0.6) is 0 Å². The molecule has 0 aromatic rings. The van der Waals surface area contributed by atoms with E-state index in [4.69, 9.17) is 0 Å². The van der Waals surface area contributed by atoms with Crippen molar-refractivity contribution in [1.82, 2.24) is 0 Å². The molecule has 0 aliphatic heterocycles. The van der Waals surface area contributed by atoms with Crippen LogP contribution < -0.4 is 0 Å². The fraction of sp³-hybridized carbons (Fsp3) is 1.00. The summed E-state index contributed by atoms with van der Waals surface area (Å²) < 4.78 is 0. The van der Waals surface area contributed by atoms with E-state index in [1.807, 2.05) is 0 Å². The molecule has 0 heteroatoms. The zero-order valence-electron chi connectivity index (χ0n) is 16.7. The molecule has 0 N–H and O–H groups in total. The van der Waals surface area contributed by atoms with E-state index in [-0.39, 0.29) is 0 Å². The summed E-state index contributed by atoms with van der Waals surface area (Å²) in [5, 5.41) is 0. The van der Waals surface area contributed by atoms with Gasteiger partial charge in [0, 0.05) is 0 Å². The monoisotopic (exact) mass is 306 g/mol. The van der Waals surface area contributed by atoms with E-state index in [0.29, 0.717) is 5.41 Å². The maximum Gasteiger partial charge on any atom is -0.0271 e. The van der Waals surface area contributed by atoms with Gasteiger partial charge in [0.05, 0.1) is 0 Å². The van der Waals surface area contributed by atoms with E-state index in [2.05, 4.69) is 55.4 Å². The predicted octanol–water partition coefficient (Wildman–Crippen LogP) is 7.04. The lowest BCUT2D eigenvalue weighted by atomic mass is 9.52. The van der Waals surface area contributed by atoms with Crippen molar-refractivity contribution < 1.29 is 0 Å². The molecule has 2 aliphatic carbocycles. The van der Waals surface area contributed by atoms with Gasteiger partial charge in [-0.05, 0) is 78.4 Å². The second-order valence-electron chi connectivity index (χ2n) is 9.82. The van der Waals surface area contributed by atoms with Gasteiger partial charge in [-0.3, -0.25) is 0 Å². The third kappa shape index (κ3) is 3.27. The van der Waals surface area contributed by atoms with E-state index in [9.17, 15) is 0 Å². The van der Waals surface area contributed by atoms with E-state index < -0.39 is 0 Å². The molecular weight excluding hydrogens is 264 g/mol. The molecule has 22 heavy (non-hydrogen) atoms. The van der Waals surface area contributed by atoms with Crippen LogP contribution in [-0.2, 0) is 0 Å². The van der Waals surface area contributed by atoms with E-state index in [1.165, 1.54) is 32.1 Å². The Bertz CT molecular complexity index is 303. The van der Waals surface area contributed by atoms with E-state index in [1.54, 1.807) is 0 Å². The van der Waals surface area contributed by atoms with Gasteiger partial charge in [-0.15, -0.1) is 0 Å². The number of hydrogen-bond donors (Lipinski definition) is 0. The molecule has 0 amide bonds. The molecule has 2 rings (SSSR count). The fourth-order valence-corrected chi connectivity index (χ4v) is 5.96. The molecular formula is C22H42. The largest absolute Gasteiger partial charge is 0.0648 e. The van der Waals surface area contributed by atoms with Gasteiger partial charge >= 0.3 is 0 Å². The van der Waals surface area contributed by atoms with Crippen LogP contribution in [0.25, 0.3) is 0 Å². The zero-order chi connectivity index (χ0) is 16.7. The van der Waals surface area contributed by atoms with Crippen molar-refractivity contribution in [3.63, 3.8) is 0 Å². The number of hydrogen-bond acceptors (Lipinski definition) is 0. The van der Waals surface area contributed by atoms with Crippen LogP contribution in [0.1, 0.15) is 87.5 Å². The molecule has 0 spiro atoms. The van der Waals surface area contributed by atoms with Gasteiger partial charge < -0.3 is 0 Å². The molecule has 0 nitrogen and oxygen atoms in total. The Kier molecular flexibility index (Phi) is 5.72. The molecule has 4 atom stereocenters. The Morgan fingerprint density at radius 2 is 0.909 bits per heavy atom. The first-order valence-electron chi connectivity index (χ1n) is 10.2. The third-order valence-electron chi connectivity index (χ3n) is 8.84. The maximum atomic E-state index is 2.66. The van der Waals surface area contributed by atoms with Crippen molar-refractivity contribution in [2.45, 2.75) is 87.5 Å². The molecule has 2 saturated carbocycles. The predicted molar refractivity (Wildman–Crippen MR) is 98.8 cm³/mol. The quantitative estimate of drug-likeness (QED) is 0.524. The first kappa shape index (κ1) is 18.3. The highest BCUT2D eigenvalue weighted by molar-refractivity contribution is 4.96. The van der Waals surface area contributed by atoms with Gasteiger partial charge in [0.2, 0.25) is 0 Å². The van der Waals surface area contributed by atoms with Gasteiger partial charge in [0.15, 0.2) is 0 Å². The van der Waals surface area contributed by atoms with Crippen molar-refractivity contribution in [2.24, 2.45) is 52.8 Å². The Labute approximate surface area is 140 Å². The zero-order valence-corrected chi connectivity index (χ0v) is 16.7. The molecule has 2 fully saturated rings. The van der Waals surface area contributed by atoms with Crippen LogP contribution >= 0.6 is 0 Å². The second-order valence-corrected chi connectivity index (χ2v) is 9.82. The minimum atomic E-state index is 0.575. The van der Waals surface area contributed by atoms with Gasteiger partial charge in [-0.1, -0.05) is 61.8 Å². The average molecular weight is 307 g/mol. The van der Waals surface area contributed by atoms with Crippen LogP contribution in [0.15, 0.2) is 0 Å². The topological polar surface area (TPSA) is 0 Å². The molecule has 0 aromatic heterocycles. The SMILES string of the molecule is CCC(C)(C1CC(C)C(C)C(C)C1)C1CC(C)C(C)C(C)C1. The highest BCUT2D eigenvalue weighted by atomic mass is 14.5. The van der Waals surface area contributed by atoms with Crippen LogP contribution in [-0.4, -0.2) is 0 Å². The second kappa shape index (κ2) is 6.86. The number of rotatable bonds is 3. The van der Waals surface area contributed by atoms with Crippen molar-refractivity contribution >= 4 is 0 Å². The summed E-state index contributed by atoms with van der Waals surface area (Å²) in [4.78, 5) is 0. The Morgan fingerprint density at radius 3 is 1.14 bits per heavy atom. The minimum absolute atomic E-state index is 0.575. The summed E-state index contributed by atoms with van der Waals surface area (Å²) in [6, 6.07) is 0. The van der Waals surface area contributed by atoms with Gasteiger partial charge in [0.1, 0.15) is 0 Å². The standard InChI is InChI=1S/C22H42/c1-9-22(8,20-10-14(2)18(6)15(3)11-20)21-12-16(4)19(7)17(5)13-21/h14-21H,9-13H2,1-8H3. The summed E-state index contributed by atoms with van der Waals surface area (Å²) in [6.07, 6.45) is 7.29. The first-order chi connectivity index (χ1) is 10.2. The van der Waals surface area contributed by atoms with Crippen molar-refractivity contribution in [3.05, 3.63) is 0 Å². The molecule has 0 radical (unpaired) electrons. The summed E-state index contributed by atoms with van der Waals surface area (Å²) in [5.41, 5.74) is 0.575. The minimum Gasteiger partial charge on any atom is -0.0648 e. The normalized spacial score (nSPS) is 49.6. The smallest absolute Gasteiger partial charge is 0.0271 e. The molecule has 0 saturated heterocycles. The molecule has 0 aromatic carbocycles. The van der Waals surface area contributed by atoms with Gasteiger partial charge in [-0.25, -0.2) is 0 Å². The molecule has 2 aliphatic rings. The lowest BCUT2D eigenvalue weighted by Crippen LogP contribution is -2.44. The Balaban J connectivity index is 2.17. The van der Waals surface area contributed by atoms with E-state index in [0.717, 1.165) is 47.3 Å². The molecule has 4 unspecified atom stereocenters. The highest BCUT2D eigenvalue weighted by Crippen LogP contribution is 2.55. The first-order valence-corrected chi connectivity index (χ1v) is 10.2. The van der Waals surface area contributed by atoms with E-state index >= 15 is 0 Å². The molecule has 130 valence electrons. The lowest BCUT2D eigenvalue weighted by Gasteiger charge is -2.53. The van der Waals surface area contributed by atoms with Gasteiger partial charge in [0.25, 0.3) is 0 Å². The third-order valence-corrected chi connectivity index (χ3v) is 8.84. The molecule has 0 heterocycles.